The van der Waals surface area contributed by atoms with Crippen LogP contribution in [0, 0.1) is 0 Å². The molecule has 2 fully saturated rings. The predicted octanol–water partition coefficient (Wildman–Crippen LogP) is 2.81. The van der Waals surface area contributed by atoms with Crippen LogP contribution in [0.1, 0.15) is 36.0 Å². The Labute approximate surface area is 158 Å². The summed E-state index contributed by atoms with van der Waals surface area (Å²) in [6, 6.07) is 5.23. The van der Waals surface area contributed by atoms with Gasteiger partial charge in [0.15, 0.2) is 0 Å². The second kappa shape index (κ2) is 8.39. The minimum absolute atomic E-state index is 0.0699. The van der Waals surface area contributed by atoms with Gasteiger partial charge in [0.05, 0.1) is 6.54 Å². The van der Waals surface area contributed by atoms with Crippen LogP contribution in [0.15, 0.2) is 18.2 Å². The second-order valence-electron chi connectivity index (χ2n) is 6.78. The number of carbonyl (C=O) groups is 2. The van der Waals surface area contributed by atoms with Gasteiger partial charge in [-0.25, -0.2) is 0 Å². The summed E-state index contributed by atoms with van der Waals surface area (Å²) in [5, 5.41) is 4.02. The van der Waals surface area contributed by atoms with Gasteiger partial charge in [0, 0.05) is 47.8 Å². The molecule has 7 heteroatoms. The smallest absolute Gasteiger partial charge is 0.254 e. The first-order chi connectivity index (χ1) is 12.0. The highest BCUT2D eigenvalue weighted by molar-refractivity contribution is 6.35. The second-order valence-corrected chi connectivity index (χ2v) is 7.65. The number of amides is 2. The minimum Gasteiger partial charge on any atom is -0.352 e. The van der Waals surface area contributed by atoms with E-state index in [9.17, 15) is 9.59 Å². The summed E-state index contributed by atoms with van der Waals surface area (Å²) in [5.74, 6) is 0.0211. The molecule has 0 spiro atoms. The lowest BCUT2D eigenvalue weighted by Crippen LogP contribution is -2.51. The molecule has 1 saturated carbocycles. The Kier molecular flexibility index (Phi) is 6.20. The Morgan fingerprint density at radius 3 is 2.20 bits per heavy atom. The lowest BCUT2D eigenvalue weighted by atomic mass is 10.2. The van der Waals surface area contributed by atoms with Gasteiger partial charge >= 0.3 is 0 Å². The number of hydrogen-bond acceptors (Lipinski definition) is 3. The van der Waals surface area contributed by atoms with E-state index in [0.29, 0.717) is 54.4 Å². The van der Waals surface area contributed by atoms with E-state index in [1.807, 2.05) is 0 Å². The van der Waals surface area contributed by atoms with Crippen molar-refractivity contribution in [1.82, 2.24) is 15.1 Å². The zero-order valence-corrected chi connectivity index (χ0v) is 15.7. The van der Waals surface area contributed by atoms with Gasteiger partial charge in [-0.05, 0) is 31.0 Å². The molecular formula is C18H23Cl2N3O2. The third-order valence-electron chi connectivity index (χ3n) is 4.86. The highest BCUT2D eigenvalue weighted by Crippen LogP contribution is 2.21. The van der Waals surface area contributed by atoms with Crippen LogP contribution in [0.5, 0.6) is 0 Å². The summed E-state index contributed by atoms with van der Waals surface area (Å²) in [4.78, 5) is 28.6. The number of piperazine rings is 1. The van der Waals surface area contributed by atoms with E-state index in [-0.39, 0.29) is 11.8 Å². The maximum absolute atomic E-state index is 12.6. The fourth-order valence-corrected chi connectivity index (χ4v) is 4.04. The van der Waals surface area contributed by atoms with Gasteiger partial charge in [-0.2, -0.15) is 0 Å². The maximum Gasteiger partial charge on any atom is 0.254 e. The number of halogens is 2. The van der Waals surface area contributed by atoms with Gasteiger partial charge < -0.3 is 10.2 Å². The molecule has 2 aliphatic rings. The third-order valence-corrected chi connectivity index (χ3v) is 5.29. The molecule has 1 heterocycles. The van der Waals surface area contributed by atoms with Crippen molar-refractivity contribution >= 4 is 35.0 Å². The van der Waals surface area contributed by atoms with E-state index in [0.717, 1.165) is 12.8 Å². The molecule has 136 valence electrons. The molecule has 0 radical (unpaired) electrons. The van der Waals surface area contributed by atoms with Crippen LogP contribution in [0.25, 0.3) is 0 Å². The van der Waals surface area contributed by atoms with Gasteiger partial charge in [0.2, 0.25) is 5.91 Å². The van der Waals surface area contributed by atoms with Crippen molar-refractivity contribution in [1.29, 1.82) is 0 Å². The molecular weight excluding hydrogens is 361 g/mol. The molecule has 0 bridgehead atoms. The maximum atomic E-state index is 12.6. The average Bonchev–Trinajstić information content (AvgIpc) is 3.07. The zero-order valence-electron chi connectivity index (χ0n) is 14.1. The SMILES string of the molecule is O=C(CN1CCN(C(=O)c2cc(Cl)cc(Cl)c2)CC1)NC1CCCC1. The van der Waals surface area contributed by atoms with Crippen LogP contribution in [0.2, 0.25) is 10.0 Å². The molecule has 0 unspecified atom stereocenters. The van der Waals surface area contributed by atoms with Crippen molar-refractivity contribution < 1.29 is 9.59 Å². The zero-order chi connectivity index (χ0) is 17.8. The van der Waals surface area contributed by atoms with Gasteiger partial charge in [-0.1, -0.05) is 36.0 Å². The number of nitrogens with one attached hydrogen (secondary N) is 1. The molecule has 1 N–H and O–H groups in total. The number of rotatable bonds is 4. The third kappa shape index (κ3) is 5.09. The quantitative estimate of drug-likeness (QED) is 0.869. The Bertz CT molecular complexity index is 619. The minimum atomic E-state index is -0.0699. The first kappa shape index (κ1) is 18.5. The van der Waals surface area contributed by atoms with Crippen LogP contribution in [0.3, 0.4) is 0 Å². The van der Waals surface area contributed by atoms with Crippen molar-refractivity contribution in [2.45, 2.75) is 31.7 Å². The fourth-order valence-electron chi connectivity index (χ4n) is 3.52. The monoisotopic (exact) mass is 383 g/mol. The highest BCUT2D eigenvalue weighted by atomic mass is 35.5. The van der Waals surface area contributed by atoms with Crippen molar-refractivity contribution in [2.24, 2.45) is 0 Å². The summed E-state index contributed by atoms with van der Waals surface area (Å²) in [7, 11) is 0. The Morgan fingerprint density at radius 1 is 1.00 bits per heavy atom. The molecule has 25 heavy (non-hydrogen) atoms. The van der Waals surface area contributed by atoms with Crippen molar-refractivity contribution in [3.63, 3.8) is 0 Å². The fraction of sp³-hybridized carbons (Fsp3) is 0.556. The van der Waals surface area contributed by atoms with Crippen LogP contribution in [0.4, 0.5) is 0 Å². The van der Waals surface area contributed by atoms with Crippen molar-refractivity contribution in [2.75, 3.05) is 32.7 Å². The molecule has 0 aromatic heterocycles. The van der Waals surface area contributed by atoms with Crippen LogP contribution in [-0.4, -0.2) is 60.4 Å². The number of nitrogens with zero attached hydrogens (tertiary/aromatic N) is 2. The molecule has 1 aliphatic carbocycles. The first-order valence-electron chi connectivity index (χ1n) is 8.78. The van der Waals surface area contributed by atoms with E-state index in [2.05, 4.69) is 10.2 Å². The van der Waals surface area contributed by atoms with Crippen LogP contribution in [-0.2, 0) is 4.79 Å². The summed E-state index contributed by atoms with van der Waals surface area (Å²) < 4.78 is 0. The average molecular weight is 384 g/mol. The summed E-state index contributed by atoms with van der Waals surface area (Å²) in [6.45, 7) is 2.98. The first-order valence-corrected chi connectivity index (χ1v) is 9.54. The summed E-state index contributed by atoms with van der Waals surface area (Å²) >= 11 is 12.0. The Morgan fingerprint density at radius 2 is 1.60 bits per heavy atom. The molecule has 2 amide bonds. The number of carbonyl (C=O) groups excluding carboxylic acids is 2. The van der Waals surface area contributed by atoms with Crippen LogP contribution < -0.4 is 5.32 Å². The van der Waals surface area contributed by atoms with Crippen molar-refractivity contribution in [3.05, 3.63) is 33.8 Å². The molecule has 1 saturated heterocycles. The molecule has 1 aromatic rings. The van der Waals surface area contributed by atoms with E-state index >= 15 is 0 Å². The van der Waals surface area contributed by atoms with Crippen LogP contribution >= 0.6 is 23.2 Å². The summed E-state index contributed by atoms with van der Waals surface area (Å²) in [5.41, 5.74) is 0.505. The molecule has 3 rings (SSSR count). The molecule has 0 atom stereocenters. The van der Waals surface area contributed by atoms with E-state index in [1.54, 1.807) is 23.1 Å². The lowest BCUT2D eigenvalue weighted by Gasteiger charge is -2.34. The van der Waals surface area contributed by atoms with Gasteiger partial charge in [0.1, 0.15) is 0 Å². The van der Waals surface area contributed by atoms with E-state index in [4.69, 9.17) is 23.2 Å². The Hall–Kier alpha value is -1.30. The number of benzene rings is 1. The lowest BCUT2D eigenvalue weighted by molar-refractivity contribution is -0.123. The topological polar surface area (TPSA) is 52.7 Å². The van der Waals surface area contributed by atoms with Gasteiger partial charge in [-0.3, -0.25) is 14.5 Å². The van der Waals surface area contributed by atoms with Gasteiger partial charge in [-0.15, -0.1) is 0 Å². The normalized spacial score (nSPS) is 19.2. The molecule has 1 aromatic carbocycles. The molecule has 5 nitrogen and oxygen atoms in total. The van der Waals surface area contributed by atoms with E-state index < -0.39 is 0 Å². The largest absolute Gasteiger partial charge is 0.352 e. The predicted molar refractivity (Wildman–Crippen MR) is 99.2 cm³/mol. The Balaban J connectivity index is 1.47. The summed E-state index contributed by atoms with van der Waals surface area (Å²) in [6.07, 6.45) is 4.60. The standard InChI is InChI=1S/C18H23Cl2N3O2/c19-14-9-13(10-15(20)11-14)18(25)23-7-5-22(6-8-23)12-17(24)21-16-3-1-2-4-16/h9-11,16H,1-8,12H2,(H,21,24). The van der Waals surface area contributed by atoms with E-state index in [1.165, 1.54) is 12.8 Å². The highest BCUT2D eigenvalue weighted by Gasteiger charge is 2.25. The van der Waals surface area contributed by atoms with Gasteiger partial charge in [0.25, 0.3) is 5.91 Å². The number of hydrogen-bond donors (Lipinski definition) is 1. The molecule has 1 aliphatic heterocycles. The van der Waals surface area contributed by atoms with Crippen molar-refractivity contribution in [3.8, 4) is 0 Å².